The Morgan fingerprint density at radius 2 is 2.46 bits per heavy atom. The van der Waals surface area contributed by atoms with E-state index in [2.05, 4.69) is 5.32 Å². The highest BCUT2D eigenvalue weighted by Crippen LogP contribution is 2.27. The molecule has 0 radical (unpaired) electrons. The standard InChI is InChI=1S/C8H15NO3S/c1-6(10)4-9-7(11)8(12)2-3-13-5-8/h6,10,12H,2-5H2,1H3,(H,9,11)/t6-,8?/m0/s1. The second-order valence-electron chi connectivity index (χ2n) is 3.39. The lowest BCUT2D eigenvalue weighted by Gasteiger charge is -2.20. The minimum absolute atomic E-state index is 0.200. The van der Waals surface area contributed by atoms with E-state index in [0.29, 0.717) is 12.2 Å². The number of aliphatic hydroxyl groups excluding tert-OH is 1. The van der Waals surface area contributed by atoms with Gasteiger partial charge in [0.2, 0.25) is 0 Å². The largest absolute Gasteiger partial charge is 0.392 e. The van der Waals surface area contributed by atoms with Crippen LogP contribution in [-0.4, -0.2) is 45.9 Å². The number of carbonyl (C=O) groups is 1. The average molecular weight is 205 g/mol. The molecular weight excluding hydrogens is 190 g/mol. The third-order valence-corrected chi connectivity index (χ3v) is 3.16. The highest BCUT2D eigenvalue weighted by atomic mass is 32.2. The third kappa shape index (κ3) is 2.86. The number of hydrogen-bond donors (Lipinski definition) is 3. The number of carbonyl (C=O) groups excluding carboxylic acids is 1. The molecule has 0 aromatic heterocycles. The van der Waals surface area contributed by atoms with Crippen LogP contribution in [0.2, 0.25) is 0 Å². The fourth-order valence-corrected chi connectivity index (χ4v) is 2.38. The van der Waals surface area contributed by atoms with Crippen molar-refractivity contribution in [3.63, 3.8) is 0 Å². The van der Waals surface area contributed by atoms with Crippen molar-refractivity contribution < 1.29 is 15.0 Å². The van der Waals surface area contributed by atoms with Crippen LogP contribution in [0.25, 0.3) is 0 Å². The smallest absolute Gasteiger partial charge is 0.252 e. The zero-order valence-electron chi connectivity index (χ0n) is 7.62. The van der Waals surface area contributed by atoms with Crippen molar-refractivity contribution in [2.45, 2.75) is 25.0 Å². The van der Waals surface area contributed by atoms with Crippen molar-refractivity contribution in [3.8, 4) is 0 Å². The van der Waals surface area contributed by atoms with Gasteiger partial charge in [0.15, 0.2) is 5.60 Å². The number of nitrogens with one attached hydrogen (secondary N) is 1. The molecule has 1 aliphatic heterocycles. The number of amides is 1. The zero-order chi connectivity index (χ0) is 9.90. The fourth-order valence-electron chi connectivity index (χ4n) is 1.14. The maximum Gasteiger partial charge on any atom is 0.252 e. The van der Waals surface area contributed by atoms with E-state index in [1.54, 1.807) is 18.7 Å². The molecule has 0 bridgehead atoms. The van der Waals surface area contributed by atoms with E-state index in [4.69, 9.17) is 5.11 Å². The van der Waals surface area contributed by atoms with Gasteiger partial charge in [0.05, 0.1) is 6.10 Å². The molecular formula is C8H15NO3S. The molecule has 0 saturated carbocycles. The summed E-state index contributed by atoms with van der Waals surface area (Å²) in [7, 11) is 0. The molecule has 1 fully saturated rings. The van der Waals surface area contributed by atoms with Crippen LogP contribution in [0.4, 0.5) is 0 Å². The van der Waals surface area contributed by atoms with E-state index in [-0.39, 0.29) is 12.5 Å². The minimum Gasteiger partial charge on any atom is -0.392 e. The van der Waals surface area contributed by atoms with Gasteiger partial charge in [0, 0.05) is 12.3 Å². The summed E-state index contributed by atoms with van der Waals surface area (Å²) in [6.45, 7) is 1.79. The Balaban J connectivity index is 2.38. The van der Waals surface area contributed by atoms with Crippen molar-refractivity contribution >= 4 is 17.7 Å². The summed E-state index contributed by atoms with van der Waals surface area (Å²) in [5, 5.41) is 21.2. The van der Waals surface area contributed by atoms with Gasteiger partial charge in [-0.05, 0) is 19.1 Å². The second kappa shape index (κ2) is 4.30. The van der Waals surface area contributed by atoms with Gasteiger partial charge < -0.3 is 15.5 Å². The lowest BCUT2D eigenvalue weighted by atomic mass is 10.0. The highest BCUT2D eigenvalue weighted by Gasteiger charge is 2.39. The summed E-state index contributed by atoms with van der Waals surface area (Å²) >= 11 is 1.57. The summed E-state index contributed by atoms with van der Waals surface area (Å²) in [4.78, 5) is 11.4. The maximum atomic E-state index is 11.4. The molecule has 3 N–H and O–H groups in total. The summed E-state index contributed by atoms with van der Waals surface area (Å²) in [6, 6.07) is 0. The molecule has 1 heterocycles. The first-order chi connectivity index (χ1) is 6.04. The highest BCUT2D eigenvalue weighted by molar-refractivity contribution is 7.99. The minimum atomic E-state index is -1.21. The molecule has 76 valence electrons. The van der Waals surface area contributed by atoms with Crippen molar-refractivity contribution in [2.24, 2.45) is 0 Å². The molecule has 0 aromatic rings. The Morgan fingerprint density at radius 3 is 2.92 bits per heavy atom. The summed E-state index contributed by atoms with van der Waals surface area (Å²) < 4.78 is 0. The quantitative estimate of drug-likeness (QED) is 0.573. The van der Waals surface area contributed by atoms with Crippen molar-refractivity contribution in [1.29, 1.82) is 0 Å². The maximum absolute atomic E-state index is 11.4. The molecule has 4 nitrogen and oxygen atoms in total. The van der Waals surface area contributed by atoms with Gasteiger partial charge in [-0.15, -0.1) is 0 Å². The van der Waals surface area contributed by atoms with Crippen LogP contribution in [0.15, 0.2) is 0 Å². The van der Waals surface area contributed by atoms with E-state index in [1.165, 1.54) is 0 Å². The lowest BCUT2D eigenvalue weighted by Crippen LogP contribution is -2.48. The predicted molar refractivity (Wildman–Crippen MR) is 51.6 cm³/mol. The topological polar surface area (TPSA) is 69.6 Å². The van der Waals surface area contributed by atoms with E-state index in [0.717, 1.165) is 5.75 Å². The van der Waals surface area contributed by atoms with Gasteiger partial charge in [0.25, 0.3) is 5.91 Å². The monoisotopic (exact) mass is 205 g/mol. The molecule has 1 amide bonds. The molecule has 0 spiro atoms. The van der Waals surface area contributed by atoms with Crippen LogP contribution in [0.5, 0.6) is 0 Å². The molecule has 13 heavy (non-hydrogen) atoms. The predicted octanol–water partition coefficient (Wildman–Crippen LogP) is -0.649. The van der Waals surface area contributed by atoms with Crippen molar-refractivity contribution in [1.82, 2.24) is 5.32 Å². The first kappa shape index (κ1) is 10.8. The van der Waals surface area contributed by atoms with Gasteiger partial charge in [-0.3, -0.25) is 4.79 Å². The number of thioether (sulfide) groups is 1. The van der Waals surface area contributed by atoms with Crippen molar-refractivity contribution in [2.75, 3.05) is 18.1 Å². The first-order valence-electron chi connectivity index (χ1n) is 4.31. The molecule has 0 aliphatic carbocycles. The Kier molecular flexibility index (Phi) is 3.58. The summed E-state index contributed by atoms with van der Waals surface area (Å²) in [5.74, 6) is 0.912. The van der Waals surface area contributed by atoms with Crippen LogP contribution in [-0.2, 0) is 4.79 Å². The molecule has 1 unspecified atom stereocenters. The second-order valence-corrected chi connectivity index (χ2v) is 4.50. The Hall–Kier alpha value is -0.260. The molecule has 1 aliphatic rings. The van der Waals surface area contributed by atoms with E-state index in [9.17, 15) is 9.90 Å². The van der Waals surface area contributed by atoms with Gasteiger partial charge in [0.1, 0.15) is 0 Å². The average Bonchev–Trinajstić information content (AvgIpc) is 2.49. The van der Waals surface area contributed by atoms with Gasteiger partial charge in [-0.1, -0.05) is 0 Å². The number of rotatable bonds is 3. The Bertz CT molecular complexity index is 190. The van der Waals surface area contributed by atoms with Crippen LogP contribution in [0.1, 0.15) is 13.3 Å². The van der Waals surface area contributed by atoms with Gasteiger partial charge >= 0.3 is 0 Å². The summed E-state index contributed by atoms with van der Waals surface area (Å²) in [6.07, 6.45) is -0.0647. The van der Waals surface area contributed by atoms with Crippen LogP contribution < -0.4 is 5.32 Å². The van der Waals surface area contributed by atoms with Crippen LogP contribution >= 0.6 is 11.8 Å². The van der Waals surface area contributed by atoms with E-state index < -0.39 is 11.7 Å². The van der Waals surface area contributed by atoms with Gasteiger partial charge in [-0.2, -0.15) is 11.8 Å². The van der Waals surface area contributed by atoms with E-state index >= 15 is 0 Å². The Morgan fingerprint density at radius 1 is 1.77 bits per heavy atom. The molecule has 1 rings (SSSR count). The van der Waals surface area contributed by atoms with Crippen LogP contribution in [0, 0.1) is 0 Å². The molecule has 0 aromatic carbocycles. The van der Waals surface area contributed by atoms with Gasteiger partial charge in [-0.25, -0.2) is 0 Å². The van der Waals surface area contributed by atoms with E-state index in [1.807, 2.05) is 0 Å². The molecule has 2 atom stereocenters. The zero-order valence-corrected chi connectivity index (χ0v) is 8.43. The normalized spacial score (nSPS) is 30.1. The summed E-state index contributed by atoms with van der Waals surface area (Å²) in [5.41, 5.74) is -1.21. The number of hydrogen-bond acceptors (Lipinski definition) is 4. The van der Waals surface area contributed by atoms with Crippen LogP contribution in [0.3, 0.4) is 0 Å². The third-order valence-electron chi connectivity index (χ3n) is 1.98. The number of aliphatic hydroxyl groups is 2. The molecule has 5 heteroatoms. The SMILES string of the molecule is C[C@H](O)CNC(=O)C1(O)CCSC1. The first-order valence-corrected chi connectivity index (χ1v) is 5.46. The molecule has 1 saturated heterocycles. The van der Waals surface area contributed by atoms with Crippen molar-refractivity contribution in [3.05, 3.63) is 0 Å². The lowest BCUT2D eigenvalue weighted by molar-refractivity contribution is -0.137. The Labute approximate surface area is 81.7 Å². The fraction of sp³-hybridized carbons (Fsp3) is 0.875.